The summed E-state index contributed by atoms with van der Waals surface area (Å²) in [6, 6.07) is 15.2. The Morgan fingerprint density at radius 1 is 1.21 bits per heavy atom. The fraction of sp³-hybridized carbons (Fsp3) is 0.222. The number of thioether (sulfide) groups is 1. The van der Waals surface area contributed by atoms with Crippen LogP contribution in [-0.2, 0) is 9.59 Å². The normalized spacial score (nSPS) is 17.2. The van der Waals surface area contributed by atoms with Gasteiger partial charge < -0.3 is 10.2 Å². The van der Waals surface area contributed by atoms with Crippen LogP contribution in [0.1, 0.15) is 6.42 Å². The number of nitrogens with zero attached hydrogens (tertiary/aromatic N) is 1. The Bertz CT molecular complexity index is 781. The fourth-order valence-corrected chi connectivity index (χ4v) is 3.82. The summed E-state index contributed by atoms with van der Waals surface area (Å²) in [6.07, 6.45) is 2.20. The van der Waals surface area contributed by atoms with E-state index in [9.17, 15) is 9.59 Å². The zero-order valence-electron chi connectivity index (χ0n) is 13.2. The summed E-state index contributed by atoms with van der Waals surface area (Å²) in [5.74, 6) is -0.487. The van der Waals surface area contributed by atoms with E-state index < -0.39 is 0 Å². The number of amides is 2. The summed E-state index contributed by atoms with van der Waals surface area (Å²) in [5, 5.41) is 2.96. The Balaban J connectivity index is 1.74. The Hall–Kier alpha value is -1.79. The van der Waals surface area contributed by atoms with Crippen LogP contribution in [0.3, 0.4) is 0 Å². The number of rotatable bonds is 4. The molecule has 1 aliphatic rings. The molecule has 1 N–H and O–H groups in total. The molecule has 0 spiro atoms. The zero-order chi connectivity index (χ0) is 17.1. The molecule has 0 bridgehead atoms. The maximum absolute atomic E-state index is 12.6. The van der Waals surface area contributed by atoms with Gasteiger partial charge in [0.1, 0.15) is 0 Å². The van der Waals surface area contributed by atoms with Crippen molar-refractivity contribution in [1.29, 1.82) is 0 Å². The average molecular weight is 405 g/mol. The summed E-state index contributed by atoms with van der Waals surface area (Å²) in [4.78, 5) is 27.6. The van der Waals surface area contributed by atoms with Crippen molar-refractivity contribution in [2.75, 3.05) is 23.0 Å². The molecule has 1 heterocycles. The van der Waals surface area contributed by atoms with Crippen LogP contribution in [0.4, 0.5) is 11.4 Å². The first-order valence-electron chi connectivity index (χ1n) is 7.59. The topological polar surface area (TPSA) is 49.4 Å². The predicted molar refractivity (Wildman–Crippen MR) is 101 cm³/mol. The molecular weight excluding hydrogens is 388 g/mol. The van der Waals surface area contributed by atoms with Gasteiger partial charge in [0.2, 0.25) is 11.8 Å². The van der Waals surface area contributed by atoms with E-state index in [0.29, 0.717) is 6.54 Å². The number of nitrogens with one attached hydrogen (secondary N) is 1. The van der Waals surface area contributed by atoms with Crippen molar-refractivity contribution in [2.24, 2.45) is 5.92 Å². The number of carbonyl (C=O) groups excluding carboxylic acids is 2. The van der Waals surface area contributed by atoms with Crippen molar-refractivity contribution in [3.8, 4) is 0 Å². The van der Waals surface area contributed by atoms with E-state index in [-0.39, 0.29) is 24.2 Å². The number of halogens is 1. The zero-order valence-corrected chi connectivity index (χ0v) is 15.6. The molecule has 0 aliphatic carbocycles. The molecule has 24 heavy (non-hydrogen) atoms. The summed E-state index contributed by atoms with van der Waals surface area (Å²) in [7, 11) is 0. The minimum Gasteiger partial charge on any atom is -0.325 e. The van der Waals surface area contributed by atoms with Gasteiger partial charge in [-0.3, -0.25) is 9.59 Å². The van der Waals surface area contributed by atoms with Crippen molar-refractivity contribution in [3.63, 3.8) is 0 Å². The van der Waals surface area contributed by atoms with Crippen LogP contribution in [-0.4, -0.2) is 24.6 Å². The molecule has 1 fully saturated rings. The molecular formula is C18H17BrN2O2S. The first-order chi connectivity index (χ1) is 11.6. The number of anilines is 2. The number of carbonyl (C=O) groups is 2. The van der Waals surface area contributed by atoms with Gasteiger partial charge in [-0.05, 0) is 46.5 Å². The van der Waals surface area contributed by atoms with E-state index in [0.717, 1.165) is 20.7 Å². The molecule has 2 aromatic carbocycles. The molecule has 2 amide bonds. The van der Waals surface area contributed by atoms with Crippen LogP contribution in [0, 0.1) is 5.92 Å². The summed E-state index contributed by atoms with van der Waals surface area (Å²) < 4.78 is 0.854. The summed E-state index contributed by atoms with van der Waals surface area (Å²) in [5.41, 5.74) is 1.60. The van der Waals surface area contributed by atoms with Crippen molar-refractivity contribution in [2.45, 2.75) is 11.3 Å². The van der Waals surface area contributed by atoms with Crippen LogP contribution in [0.15, 0.2) is 57.9 Å². The van der Waals surface area contributed by atoms with Crippen molar-refractivity contribution >= 4 is 50.9 Å². The molecule has 4 nitrogen and oxygen atoms in total. The van der Waals surface area contributed by atoms with Gasteiger partial charge in [0.15, 0.2) is 0 Å². The van der Waals surface area contributed by atoms with Gasteiger partial charge in [-0.15, -0.1) is 11.8 Å². The van der Waals surface area contributed by atoms with E-state index >= 15 is 0 Å². The van der Waals surface area contributed by atoms with E-state index in [1.807, 2.05) is 54.8 Å². The highest BCUT2D eigenvalue weighted by Gasteiger charge is 2.35. The highest BCUT2D eigenvalue weighted by atomic mass is 79.9. The summed E-state index contributed by atoms with van der Waals surface area (Å²) >= 11 is 5.05. The van der Waals surface area contributed by atoms with Crippen LogP contribution < -0.4 is 10.2 Å². The van der Waals surface area contributed by atoms with Crippen molar-refractivity contribution in [1.82, 2.24) is 0 Å². The number of benzene rings is 2. The monoisotopic (exact) mass is 404 g/mol. The van der Waals surface area contributed by atoms with Gasteiger partial charge >= 0.3 is 0 Å². The first-order valence-corrected chi connectivity index (χ1v) is 9.60. The second-order valence-corrected chi connectivity index (χ2v) is 7.25. The summed E-state index contributed by atoms with van der Waals surface area (Å²) in [6.45, 7) is 0.398. The smallest absolute Gasteiger partial charge is 0.229 e. The average Bonchev–Trinajstić information content (AvgIpc) is 2.97. The largest absolute Gasteiger partial charge is 0.325 e. The lowest BCUT2D eigenvalue weighted by Gasteiger charge is -2.18. The Labute approximate surface area is 153 Å². The third-order valence-electron chi connectivity index (χ3n) is 4.00. The maximum atomic E-state index is 12.6. The first kappa shape index (κ1) is 17.0. The minimum absolute atomic E-state index is 0.0276. The molecule has 3 rings (SSSR count). The lowest BCUT2D eigenvalue weighted by molar-refractivity contribution is -0.122. The molecule has 1 aliphatic heterocycles. The standard InChI is InChI=1S/C18H17BrN2O2S/c1-24-16-9-5-3-7-14(16)20-18(23)12-10-17(22)21(11-12)15-8-4-2-6-13(15)19/h2-9,12H,10-11H2,1H3,(H,20,23). The maximum Gasteiger partial charge on any atom is 0.229 e. The Kier molecular flexibility index (Phi) is 5.26. The van der Waals surface area contributed by atoms with Gasteiger partial charge in [-0.2, -0.15) is 0 Å². The minimum atomic E-state index is -0.348. The second kappa shape index (κ2) is 7.40. The van der Waals surface area contributed by atoms with Crippen LogP contribution in [0.5, 0.6) is 0 Å². The fourth-order valence-electron chi connectivity index (χ4n) is 2.77. The number of hydrogen-bond acceptors (Lipinski definition) is 3. The predicted octanol–water partition coefficient (Wildman–Crippen LogP) is 4.16. The Morgan fingerprint density at radius 3 is 2.67 bits per heavy atom. The molecule has 124 valence electrons. The van der Waals surface area contributed by atoms with E-state index in [4.69, 9.17) is 0 Å². The molecule has 0 saturated carbocycles. The molecule has 0 aromatic heterocycles. The lowest BCUT2D eigenvalue weighted by atomic mass is 10.1. The van der Waals surface area contributed by atoms with E-state index in [1.165, 1.54) is 0 Å². The van der Waals surface area contributed by atoms with Crippen molar-refractivity contribution < 1.29 is 9.59 Å². The molecule has 6 heteroatoms. The van der Waals surface area contributed by atoms with E-state index in [2.05, 4.69) is 21.2 Å². The van der Waals surface area contributed by atoms with E-state index in [1.54, 1.807) is 16.7 Å². The van der Waals surface area contributed by atoms with Crippen molar-refractivity contribution in [3.05, 3.63) is 53.0 Å². The molecule has 2 aromatic rings. The SMILES string of the molecule is CSc1ccccc1NC(=O)C1CC(=O)N(c2ccccc2Br)C1. The van der Waals surface area contributed by atoms with Gasteiger partial charge in [-0.1, -0.05) is 24.3 Å². The lowest BCUT2D eigenvalue weighted by Crippen LogP contribution is -2.28. The highest BCUT2D eigenvalue weighted by molar-refractivity contribution is 9.10. The highest BCUT2D eigenvalue weighted by Crippen LogP contribution is 2.32. The van der Waals surface area contributed by atoms with Gasteiger partial charge in [0, 0.05) is 22.3 Å². The van der Waals surface area contributed by atoms with Gasteiger partial charge in [0.25, 0.3) is 0 Å². The van der Waals surface area contributed by atoms with Crippen LogP contribution >= 0.6 is 27.7 Å². The molecule has 1 atom stereocenters. The van der Waals surface area contributed by atoms with Gasteiger partial charge in [0.05, 0.1) is 17.3 Å². The molecule has 1 unspecified atom stereocenters. The molecule has 1 saturated heterocycles. The van der Waals surface area contributed by atoms with Crippen LogP contribution in [0.2, 0.25) is 0 Å². The molecule has 0 radical (unpaired) electrons. The van der Waals surface area contributed by atoms with Crippen LogP contribution in [0.25, 0.3) is 0 Å². The second-order valence-electron chi connectivity index (χ2n) is 5.55. The number of hydrogen-bond donors (Lipinski definition) is 1. The Morgan fingerprint density at radius 2 is 1.92 bits per heavy atom. The number of para-hydroxylation sites is 2. The quantitative estimate of drug-likeness (QED) is 0.778. The third kappa shape index (κ3) is 3.49. The van der Waals surface area contributed by atoms with Gasteiger partial charge in [-0.25, -0.2) is 0 Å². The third-order valence-corrected chi connectivity index (χ3v) is 5.47.